The number of aromatic amines is 3. The highest BCUT2D eigenvalue weighted by molar-refractivity contribution is 6.32. The third-order valence-electron chi connectivity index (χ3n) is 15.6. The van der Waals surface area contributed by atoms with E-state index in [1.54, 1.807) is 35.4 Å². The molecule has 26 heteroatoms. The Kier molecular flexibility index (Phi) is 25.7. The van der Waals surface area contributed by atoms with Crippen LogP contribution in [0.1, 0.15) is 151 Å². The van der Waals surface area contributed by atoms with Crippen molar-refractivity contribution in [3.63, 3.8) is 0 Å². The molecule has 3 amide bonds. The Morgan fingerprint density at radius 3 is 1.40 bits per heavy atom. The number of carbonyl (C=O) groups excluding carboxylic acids is 5. The van der Waals surface area contributed by atoms with Gasteiger partial charge in [0.05, 0.1) is 12.7 Å². The highest BCUT2D eigenvalue weighted by Gasteiger charge is 2.33. The topological polar surface area (TPSA) is 226 Å². The van der Waals surface area contributed by atoms with E-state index in [1.807, 2.05) is 30.6 Å². The van der Waals surface area contributed by atoms with Crippen LogP contribution in [-0.2, 0) is 53.2 Å². The van der Waals surface area contributed by atoms with Crippen molar-refractivity contribution in [3.05, 3.63) is 155 Å². The van der Waals surface area contributed by atoms with Crippen molar-refractivity contribution in [2.45, 2.75) is 122 Å². The molecule has 3 fully saturated rings. The Hall–Kier alpha value is -6.00. The van der Waals surface area contributed by atoms with Crippen molar-refractivity contribution in [1.82, 2.24) is 61.2 Å². The first kappa shape index (κ1) is 68.1. The number of hydrogen-bond donors (Lipinski definition) is 6. The van der Waals surface area contributed by atoms with Crippen molar-refractivity contribution in [2.75, 3.05) is 58.9 Å². The van der Waals surface area contributed by atoms with Gasteiger partial charge in [0.2, 0.25) is 0 Å². The van der Waals surface area contributed by atoms with Crippen molar-refractivity contribution >= 4 is 83.7 Å². The van der Waals surface area contributed by atoms with Gasteiger partial charge in [-0.25, -0.2) is 18.0 Å². The molecule has 6 N–H and O–H groups in total. The molecule has 6 aliphatic rings. The number of amides is 3. The normalized spacial score (nSPS) is 16.8. The molecule has 0 saturated carbocycles. The van der Waals surface area contributed by atoms with Crippen LogP contribution in [0.25, 0.3) is 0 Å². The number of hydrogen-bond acceptors (Lipinski definition) is 12. The predicted molar refractivity (Wildman–Crippen MR) is 325 cm³/mol. The minimum Gasteiger partial charge on any atom is -0.444 e. The second-order valence-corrected chi connectivity index (χ2v) is 23.4. The first-order chi connectivity index (χ1) is 39.9. The van der Waals surface area contributed by atoms with Crippen LogP contribution in [-0.4, -0.2) is 134 Å². The summed E-state index contributed by atoms with van der Waals surface area (Å²) in [6, 6.07) is 13.6. The zero-order chi connectivity index (χ0) is 59.2. The van der Waals surface area contributed by atoms with E-state index in [1.165, 1.54) is 30.3 Å². The smallest absolute Gasteiger partial charge is 0.410 e. The zero-order valence-corrected chi connectivity index (χ0v) is 51.5. The molecule has 85 heavy (non-hydrogen) atoms. The van der Waals surface area contributed by atoms with E-state index in [0.717, 1.165) is 134 Å². The summed E-state index contributed by atoms with van der Waals surface area (Å²) in [5.41, 5.74) is 9.59. The highest BCUT2D eigenvalue weighted by atomic mass is 35.5. The summed E-state index contributed by atoms with van der Waals surface area (Å²) in [7, 11) is 0. The fourth-order valence-electron chi connectivity index (χ4n) is 11.2. The molecule has 0 aliphatic carbocycles. The number of benzene rings is 3. The fraction of sp³-hybridized carbons (Fsp3) is 0.475. The molecule has 6 aliphatic heterocycles. The van der Waals surface area contributed by atoms with Crippen LogP contribution in [0.2, 0.25) is 15.1 Å². The largest absolute Gasteiger partial charge is 0.444 e. The Bertz CT molecular complexity index is 3100. The van der Waals surface area contributed by atoms with E-state index in [0.29, 0.717) is 84.7 Å². The summed E-state index contributed by atoms with van der Waals surface area (Å²) in [6.45, 7) is 14.6. The predicted octanol–water partition coefficient (Wildman–Crippen LogP) is 11.1. The summed E-state index contributed by atoms with van der Waals surface area (Å²) in [5.74, 6) is 0.00325. The lowest BCUT2D eigenvalue weighted by Crippen LogP contribution is -2.39. The molecular formula is C59H76Cl5F3N12O6. The Labute approximate surface area is 522 Å². The van der Waals surface area contributed by atoms with Gasteiger partial charge >= 0.3 is 12.2 Å². The van der Waals surface area contributed by atoms with Crippen LogP contribution < -0.4 is 16.0 Å². The van der Waals surface area contributed by atoms with Gasteiger partial charge in [-0.15, -0.1) is 24.8 Å². The number of nitrogens with zero attached hydrogens (tertiary/aromatic N) is 6. The third-order valence-corrected chi connectivity index (χ3v) is 16.6. The SMILES string of the molecule is CC(C)(C)OC(=O)N1CCc2[nH]ncc2C1.Cl.Cl.Fc1ccc(Cl)c(C2CCNCC2)c1.O=C(c1n[nH]c2c1CNCC2)N1CCC(c2cc(F)ccc2Cl)CC1.O=C(c1n[nH]c2c1CNCC2)N1CCC(c2cc(F)ccc2Cl)CC1.O=C=O.[HH].[HH]. The quantitative estimate of drug-likeness (QED) is 0.0948. The van der Waals surface area contributed by atoms with Crippen molar-refractivity contribution in [2.24, 2.45) is 0 Å². The summed E-state index contributed by atoms with van der Waals surface area (Å²) in [6.07, 6.45) is 9.52. The molecule has 18 nitrogen and oxygen atoms in total. The minimum absolute atomic E-state index is 0. The molecule has 464 valence electrons. The zero-order valence-electron chi connectivity index (χ0n) is 47.6. The monoisotopic (exact) mass is 1280 g/mol. The number of ether oxygens (including phenoxy) is 1. The maximum Gasteiger partial charge on any atom is 0.410 e. The molecule has 3 aromatic carbocycles. The summed E-state index contributed by atoms with van der Waals surface area (Å²) in [4.78, 5) is 59.1. The number of carbonyl (C=O) groups is 3. The maximum absolute atomic E-state index is 13.5. The number of H-pyrrole nitrogens is 3. The average molecular weight is 1280 g/mol. The molecule has 9 heterocycles. The van der Waals surface area contributed by atoms with E-state index >= 15 is 0 Å². The average Bonchev–Trinajstić information content (AvgIpc) is 2.36. The first-order valence-corrected chi connectivity index (χ1v) is 29.2. The summed E-state index contributed by atoms with van der Waals surface area (Å²) < 4.78 is 45.4. The highest BCUT2D eigenvalue weighted by Crippen LogP contribution is 2.36. The van der Waals surface area contributed by atoms with Crippen molar-refractivity contribution < 1.29 is 44.7 Å². The van der Waals surface area contributed by atoms with Gasteiger partial charge in [0.15, 0.2) is 11.4 Å². The van der Waals surface area contributed by atoms with Gasteiger partial charge in [-0.05, 0) is 161 Å². The first-order valence-electron chi connectivity index (χ1n) is 28.1. The van der Waals surface area contributed by atoms with Crippen LogP contribution in [0.4, 0.5) is 18.0 Å². The standard InChI is InChI=1S/2C18H20ClFN4O.C11H13ClFN.C11H17N3O2.CO2.2ClH.2H2/c2*19-15-2-1-12(20)9-13(15)11-4-7-24(8-5-11)18(25)17-14-10-21-6-3-16(14)22-23-17;12-11-2-1-9(13)7-10(11)8-3-5-14-6-4-8;1-11(2,3)16-10(15)14-5-4-9-8(7-14)6-12-13-9;2-1-3;;;;/h2*1-2,9,11,21H,3-8,10H2,(H,22,23);1-2,7-8,14H,3-6H2;6H,4-5,7H2,1-3H3,(H,12,13);;4*1H. The van der Waals surface area contributed by atoms with Crippen LogP contribution in [0.5, 0.6) is 0 Å². The molecule has 0 atom stereocenters. The summed E-state index contributed by atoms with van der Waals surface area (Å²) >= 11 is 18.5. The molecule has 0 bridgehead atoms. The molecule has 3 saturated heterocycles. The Balaban J connectivity index is 0.000000247. The van der Waals surface area contributed by atoms with Crippen LogP contribution in [0.15, 0.2) is 60.8 Å². The number of rotatable bonds is 5. The van der Waals surface area contributed by atoms with Gasteiger partial charge in [0.25, 0.3) is 11.8 Å². The van der Waals surface area contributed by atoms with Crippen LogP contribution >= 0.6 is 59.6 Å². The second-order valence-electron chi connectivity index (χ2n) is 22.2. The third kappa shape index (κ3) is 18.3. The summed E-state index contributed by atoms with van der Waals surface area (Å²) in [5, 5.41) is 33.1. The van der Waals surface area contributed by atoms with Crippen LogP contribution in [0.3, 0.4) is 0 Å². The lowest BCUT2D eigenvalue weighted by Gasteiger charge is -2.32. The van der Waals surface area contributed by atoms with E-state index in [9.17, 15) is 27.6 Å². The van der Waals surface area contributed by atoms with Crippen LogP contribution in [0, 0.1) is 17.5 Å². The number of likely N-dealkylation sites (tertiary alicyclic amines) is 2. The lowest BCUT2D eigenvalue weighted by atomic mass is 9.89. The fourth-order valence-corrected chi connectivity index (χ4v) is 12.0. The van der Waals surface area contributed by atoms with E-state index < -0.39 is 5.60 Å². The molecule has 0 radical (unpaired) electrons. The van der Waals surface area contributed by atoms with E-state index in [4.69, 9.17) is 49.1 Å². The van der Waals surface area contributed by atoms with Crippen molar-refractivity contribution in [3.8, 4) is 0 Å². The molecule has 6 aromatic rings. The number of aromatic nitrogens is 6. The Morgan fingerprint density at radius 2 is 0.988 bits per heavy atom. The minimum atomic E-state index is -0.437. The maximum atomic E-state index is 13.5. The number of piperidine rings is 3. The molecule has 3 aromatic heterocycles. The van der Waals surface area contributed by atoms with Crippen molar-refractivity contribution in [1.29, 1.82) is 0 Å². The molecule has 0 spiro atoms. The number of nitrogens with one attached hydrogen (secondary N) is 6. The van der Waals surface area contributed by atoms with Gasteiger partial charge < -0.3 is 35.4 Å². The molecular weight excluding hydrogens is 1210 g/mol. The second kappa shape index (κ2) is 32.1. The van der Waals surface area contributed by atoms with E-state index in [2.05, 4.69) is 46.5 Å². The van der Waals surface area contributed by atoms with Gasteiger partial charge in [0, 0.05) is 130 Å². The molecule has 0 unspecified atom stereocenters. The Morgan fingerprint density at radius 1 is 0.576 bits per heavy atom. The number of fused-ring (bicyclic) bond motifs is 3. The van der Waals surface area contributed by atoms with Gasteiger partial charge in [-0.1, -0.05) is 34.8 Å². The number of halogens is 8. The van der Waals surface area contributed by atoms with Gasteiger partial charge in [-0.2, -0.15) is 24.9 Å². The lowest BCUT2D eigenvalue weighted by molar-refractivity contribution is -0.191. The van der Waals surface area contributed by atoms with Gasteiger partial charge in [0.1, 0.15) is 23.1 Å². The van der Waals surface area contributed by atoms with Gasteiger partial charge in [-0.3, -0.25) is 24.9 Å². The van der Waals surface area contributed by atoms with E-state index in [-0.39, 0.29) is 81.0 Å². The molecule has 12 rings (SSSR count).